The van der Waals surface area contributed by atoms with Crippen molar-refractivity contribution in [2.24, 2.45) is 0 Å². The molecular formula is C41H37N2O2P. The summed E-state index contributed by atoms with van der Waals surface area (Å²) in [6.07, 6.45) is 3.66. The molecule has 2 amide bonds. The summed E-state index contributed by atoms with van der Waals surface area (Å²) in [5.74, 6) is -0.165. The van der Waals surface area contributed by atoms with Crippen molar-refractivity contribution in [3.05, 3.63) is 150 Å². The van der Waals surface area contributed by atoms with E-state index in [1.54, 1.807) is 0 Å². The van der Waals surface area contributed by atoms with Crippen molar-refractivity contribution in [2.45, 2.75) is 44.7 Å². The van der Waals surface area contributed by atoms with Gasteiger partial charge in [0.25, 0.3) is 11.8 Å². The zero-order chi connectivity index (χ0) is 31.5. The van der Waals surface area contributed by atoms with Gasteiger partial charge in [0.2, 0.25) is 0 Å². The molecule has 0 heterocycles. The summed E-state index contributed by atoms with van der Waals surface area (Å²) in [6, 6.07) is 45.2. The average molecular weight is 621 g/mol. The minimum atomic E-state index is -1.00. The molecule has 2 N–H and O–H groups in total. The largest absolute Gasteiger partial charge is 0.347 e. The van der Waals surface area contributed by atoms with Crippen molar-refractivity contribution in [1.29, 1.82) is 0 Å². The van der Waals surface area contributed by atoms with Gasteiger partial charge in [-0.1, -0.05) is 146 Å². The van der Waals surface area contributed by atoms with Gasteiger partial charge < -0.3 is 10.6 Å². The molecule has 5 heteroatoms. The highest BCUT2D eigenvalue weighted by Gasteiger charge is 2.31. The molecule has 0 bridgehead atoms. The van der Waals surface area contributed by atoms with E-state index in [9.17, 15) is 9.59 Å². The van der Waals surface area contributed by atoms with Crippen LogP contribution in [0.1, 0.15) is 52.0 Å². The van der Waals surface area contributed by atoms with Crippen LogP contribution in [0.2, 0.25) is 0 Å². The summed E-state index contributed by atoms with van der Waals surface area (Å²) in [5, 5.41) is 14.2. The van der Waals surface area contributed by atoms with Crippen molar-refractivity contribution < 1.29 is 9.59 Å². The maximum Gasteiger partial charge on any atom is 0.252 e. The summed E-state index contributed by atoms with van der Waals surface area (Å²) < 4.78 is 0. The summed E-state index contributed by atoms with van der Waals surface area (Å²) in [7, 11) is -1.00. The second-order valence-electron chi connectivity index (χ2n) is 12.1. The van der Waals surface area contributed by atoms with E-state index < -0.39 is 7.92 Å². The molecular weight excluding hydrogens is 583 g/mol. The summed E-state index contributed by atoms with van der Waals surface area (Å²) >= 11 is 0. The fourth-order valence-electron chi connectivity index (χ4n) is 6.91. The number of rotatable bonds is 7. The predicted molar refractivity (Wildman–Crippen MR) is 192 cm³/mol. The highest BCUT2D eigenvalue weighted by molar-refractivity contribution is 7.80. The number of carbonyl (C=O) groups is 2. The van der Waals surface area contributed by atoms with E-state index in [1.165, 1.54) is 10.6 Å². The Balaban J connectivity index is 1.25. The zero-order valence-electron chi connectivity index (χ0n) is 25.9. The van der Waals surface area contributed by atoms with Crippen LogP contribution in [-0.4, -0.2) is 23.9 Å². The van der Waals surface area contributed by atoms with Gasteiger partial charge >= 0.3 is 0 Å². The van der Waals surface area contributed by atoms with Crippen molar-refractivity contribution in [1.82, 2.24) is 10.6 Å². The van der Waals surface area contributed by atoms with E-state index in [2.05, 4.69) is 89.5 Å². The molecule has 1 aliphatic rings. The molecule has 1 aliphatic carbocycles. The first-order valence-corrected chi connectivity index (χ1v) is 17.4. The molecule has 0 radical (unpaired) electrons. The maximum atomic E-state index is 14.6. The Labute approximate surface area is 271 Å². The van der Waals surface area contributed by atoms with Crippen molar-refractivity contribution in [2.75, 3.05) is 0 Å². The van der Waals surface area contributed by atoms with Gasteiger partial charge in [-0.05, 0) is 70.7 Å². The number of hydrogen-bond acceptors (Lipinski definition) is 2. The van der Waals surface area contributed by atoms with Gasteiger partial charge in [0.1, 0.15) is 0 Å². The van der Waals surface area contributed by atoms with Gasteiger partial charge in [-0.15, -0.1) is 0 Å². The van der Waals surface area contributed by atoms with Crippen LogP contribution >= 0.6 is 7.92 Å². The zero-order valence-corrected chi connectivity index (χ0v) is 26.8. The van der Waals surface area contributed by atoms with E-state index in [-0.39, 0.29) is 23.9 Å². The number of nitrogens with one attached hydrogen (secondary N) is 2. The molecule has 0 aliphatic heterocycles. The minimum Gasteiger partial charge on any atom is -0.347 e. The van der Waals surface area contributed by atoms with Crippen LogP contribution < -0.4 is 26.5 Å². The fraction of sp³-hybridized carbons (Fsp3) is 0.171. The molecule has 0 saturated heterocycles. The van der Waals surface area contributed by atoms with Gasteiger partial charge in [-0.3, -0.25) is 9.59 Å². The first kappa shape index (κ1) is 29.9. The lowest BCUT2D eigenvalue weighted by molar-refractivity contribution is 0.0864. The quantitative estimate of drug-likeness (QED) is 0.181. The molecule has 2 atom stereocenters. The normalized spacial score (nSPS) is 16.4. The third-order valence-electron chi connectivity index (χ3n) is 9.17. The van der Waals surface area contributed by atoms with Crippen LogP contribution in [0.15, 0.2) is 133 Å². The standard InChI is InChI=1S/C41H37N2O2P/c1-28-24-25-29-14-8-10-20-33(29)38(28)40(44)42-35-22-12-13-23-36(35)43-41(45)39-34-21-11-9-15-30(34)26-27-37(39)46(31-16-4-2-5-17-31)32-18-6-3-7-19-32/h2-11,14-21,24-27,35-36H,12-13,22-23H2,1H3,(H,42,44)(H,43,45)/t35-,36-/m0/s1. The number of amides is 2. The second-order valence-corrected chi connectivity index (χ2v) is 14.3. The van der Waals surface area contributed by atoms with Crippen molar-refractivity contribution in [3.8, 4) is 0 Å². The first-order chi connectivity index (χ1) is 22.6. The van der Waals surface area contributed by atoms with Crippen LogP contribution in [0, 0.1) is 6.92 Å². The number of benzene rings is 6. The molecule has 0 aromatic heterocycles. The molecule has 46 heavy (non-hydrogen) atoms. The molecule has 4 nitrogen and oxygen atoms in total. The second kappa shape index (κ2) is 13.3. The predicted octanol–water partition coefficient (Wildman–Crippen LogP) is 7.53. The third kappa shape index (κ3) is 5.94. The van der Waals surface area contributed by atoms with Gasteiger partial charge in [-0.25, -0.2) is 0 Å². The van der Waals surface area contributed by atoms with E-state index in [0.717, 1.165) is 63.7 Å². The van der Waals surface area contributed by atoms with Crippen LogP contribution in [0.5, 0.6) is 0 Å². The Hall–Kier alpha value is -4.79. The van der Waals surface area contributed by atoms with Crippen LogP contribution in [0.4, 0.5) is 0 Å². The van der Waals surface area contributed by atoms with E-state index >= 15 is 0 Å². The molecule has 1 fully saturated rings. The number of aryl methyl sites for hydroxylation is 1. The summed E-state index contributed by atoms with van der Waals surface area (Å²) in [4.78, 5) is 28.5. The Morgan fingerprint density at radius 2 is 1.00 bits per heavy atom. The SMILES string of the molecule is Cc1ccc2ccccc2c1C(=O)N[C@H]1CCCC[C@@H]1NC(=O)c1c(P(c2ccccc2)c2ccccc2)ccc2ccccc12. The van der Waals surface area contributed by atoms with Gasteiger partial charge in [0.05, 0.1) is 11.1 Å². The third-order valence-corrected chi connectivity index (χ3v) is 11.7. The van der Waals surface area contributed by atoms with Crippen molar-refractivity contribution in [3.63, 3.8) is 0 Å². The Morgan fingerprint density at radius 1 is 0.543 bits per heavy atom. The maximum absolute atomic E-state index is 14.6. The minimum absolute atomic E-state index is 0.0806. The van der Waals surface area contributed by atoms with Crippen molar-refractivity contribution >= 4 is 57.2 Å². The Bertz CT molecular complexity index is 1990. The number of fused-ring (bicyclic) bond motifs is 2. The van der Waals surface area contributed by atoms with Crippen LogP contribution in [-0.2, 0) is 0 Å². The van der Waals surface area contributed by atoms with E-state index in [0.29, 0.717) is 5.56 Å². The smallest absolute Gasteiger partial charge is 0.252 e. The topological polar surface area (TPSA) is 58.2 Å². The van der Waals surface area contributed by atoms with E-state index in [4.69, 9.17) is 0 Å². The lowest BCUT2D eigenvalue weighted by atomic mass is 9.89. The molecule has 0 unspecified atom stereocenters. The average Bonchev–Trinajstić information content (AvgIpc) is 3.10. The van der Waals surface area contributed by atoms with Gasteiger partial charge in [0.15, 0.2) is 0 Å². The molecule has 7 rings (SSSR count). The molecule has 6 aromatic carbocycles. The Kier molecular flexibility index (Phi) is 8.64. The number of hydrogen-bond donors (Lipinski definition) is 2. The highest BCUT2D eigenvalue weighted by atomic mass is 31.1. The first-order valence-electron chi connectivity index (χ1n) is 16.1. The monoisotopic (exact) mass is 620 g/mol. The highest BCUT2D eigenvalue weighted by Crippen LogP contribution is 2.36. The fourth-order valence-corrected chi connectivity index (χ4v) is 9.37. The molecule has 6 aromatic rings. The van der Waals surface area contributed by atoms with Gasteiger partial charge in [-0.2, -0.15) is 0 Å². The molecule has 0 spiro atoms. The number of carbonyl (C=O) groups excluding carboxylic acids is 2. The molecule has 1 saturated carbocycles. The summed E-state index contributed by atoms with van der Waals surface area (Å²) in [5.41, 5.74) is 2.38. The van der Waals surface area contributed by atoms with Crippen LogP contribution in [0.3, 0.4) is 0 Å². The lowest BCUT2D eigenvalue weighted by Gasteiger charge is -2.33. The van der Waals surface area contributed by atoms with Crippen LogP contribution in [0.25, 0.3) is 21.5 Å². The molecule has 228 valence electrons. The summed E-state index contributed by atoms with van der Waals surface area (Å²) in [6.45, 7) is 1.99. The lowest BCUT2D eigenvalue weighted by Crippen LogP contribution is -2.53. The Morgan fingerprint density at radius 3 is 1.57 bits per heavy atom. The van der Waals surface area contributed by atoms with E-state index in [1.807, 2.05) is 61.5 Å². The van der Waals surface area contributed by atoms with Gasteiger partial charge in [0, 0.05) is 12.1 Å².